The van der Waals surface area contributed by atoms with E-state index in [1.54, 1.807) is 30.3 Å². The molecule has 0 aromatic heterocycles. The number of hydrogen-bond donors (Lipinski definition) is 2. The Morgan fingerprint density at radius 2 is 1.40 bits per heavy atom. The summed E-state index contributed by atoms with van der Waals surface area (Å²) in [5.74, 6) is 1.36. The maximum atomic E-state index is 12.0. The van der Waals surface area contributed by atoms with E-state index in [1.165, 1.54) is 0 Å². The molecule has 4 heteroatoms. The molecule has 0 saturated carbocycles. The first kappa shape index (κ1) is 17.1. The topological polar surface area (TPSA) is 66.8 Å². The van der Waals surface area contributed by atoms with Gasteiger partial charge in [-0.2, -0.15) is 0 Å². The third kappa shape index (κ3) is 5.11. The van der Waals surface area contributed by atoms with Gasteiger partial charge in [-0.15, -0.1) is 0 Å². The standard InChI is InChI=1S/C21H22O4/c22-17-7-1-15(2-8-17)5-11-20-13-19(24)14-21(25-20)12-6-16-3-9-18(23)10-4-16/h1-4,7-10,13,21-23H,5-6,11-12,14H2/t21-/m1/s1. The summed E-state index contributed by atoms with van der Waals surface area (Å²) in [4.78, 5) is 12.0. The van der Waals surface area contributed by atoms with Crippen molar-refractivity contribution in [1.29, 1.82) is 0 Å². The fourth-order valence-electron chi connectivity index (χ4n) is 2.97. The first-order chi connectivity index (χ1) is 12.1. The third-order valence-corrected chi connectivity index (χ3v) is 4.36. The number of carbonyl (C=O) groups excluding carboxylic acids is 1. The molecular formula is C21H22O4. The van der Waals surface area contributed by atoms with Crippen LogP contribution < -0.4 is 0 Å². The molecule has 0 unspecified atom stereocenters. The highest BCUT2D eigenvalue weighted by Gasteiger charge is 2.21. The van der Waals surface area contributed by atoms with E-state index in [2.05, 4.69) is 0 Å². The number of aromatic hydroxyl groups is 2. The molecule has 3 rings (SSSR count). The lowest BCUT2D eigenvalue weighted by molar-refractivity contribution is -0.118. The molecule has 0 fully saturated rings. The molecular weight excluding hydrogens is 316 g/mol. The van der Waals surface area contributed by atoms with Crippen LogP contribution in [0.25, 0.3) is 0 Å². The largest absolute Gasteiger partial charge is 0.508 e. The molecule has 2 N–H and O–H groups in total. The quantitative estimate of drug-likeness (QED) is 0.838. The number of hydrogen-bond acceptors (Lipinski definition) is 4. The van der Waals surface area contributed by atoms with Crippen molar-refractivity contribution < 1.29 is 19.7 Å². The van der Waals surface area contributed by atoms with Crippen molar-refractivity contribution in [3.8, 4) is 11.5 Å². The van der Waals surface area contributed by atoms with Gasteiger partial charge in [0.05, 0.1) is 0 Å². The predicted octanol–water partition coefficient (Wildman–Crippen LogP) is 3.91. The number of benzene rings is 2. The van der Waals surface area contributed by atoms with Gasteiger partial charge in [-0.25, -0.2) is 0 Å². The molecule has 0 radical (unpaired) electrons. The number of carbonyl (C=O) groups is 1. The van der Waals surface area contributed by atoms with Gasteiger partial charge in [0.1, 0.15) is 23.4 Å². The highest BCUT2D eigenvalue weighted by molar-refractivity contribution is 5.91. The van der Waals surface area contributed by atoms with Crippen molar-refractivity contribution in [2.75, 3.05) is 0 Å². The Morgan fingerprint density at radius 1 is 0.840 bits per heavy atom. The number of phenolic OH excluding ortho intramolecular Hbond substituents is 2. The van der Waals surface area contributed by atoms with Crippen LogP contribution in [-0.4, -0.2) is 22.1 Å². The molecule has 4 nitrogen and oxygen atoms in total. The van der Waals surface area contributed by atoms with Crippen molar-refractivity contribution >= 4 is 5.78 Å². The molecule has 130 valence electrons. The maximum Gasteiger partial charge on any atom is 0.162 e. The first-order valence-electron chi connectivity index (χ1n) is 8.54. The lowest BCUT2D eigenvalue weighted by Crippen LogP contribution is -2.23. The summed E-state index contributed by atoms with van der Waals surface area (Å²) in [5, 5.41) is 18.6. The molecule has 1 heterocycles. The lowest BCUT2D eigenvalue weighted by Gasteiger charge is -2.24. The van der Waals surface area contributed by atoms with Gasteiger partial charge < -0.3 is 14.9 Å². The van der Waals surface area contributed by atoms with E-state index in [4.69, 9.17) is 4.74 Å². The zero-order valence-electron chi connectivity index (χ0n) is 14.0. The van der Waals surface area contributed by atoms with Gasteiger partial charge in [-0.05, 0) is 54.7 Å². The Balaban J connectivity index is 1.52. The Morgan fingerprint density at radius 3 is 2.00 bits per heavy atom. The second-order valence-electron chi connectivity index (χ2n) is 6.39. The van der Waals surface area contributed by atoms with E-state index in [-0.39, 0.29) is 23.4 Å². The maximum absolute atomic E-state index is 12.0. The Bertz CT molecular complexity index is 744. The molecule has 1 atom stereocenters. The summed E-state index contributed by atoms with van der Waals surface area (Å²) in [6, 6.07) is 14.2. The summed E-state index contributed by atoms with van der Waals surface area (Å²) in [6.07, 6.45) is 4.95. The molecule has 0 spiro atoms. The van der Waals surface area contributed by atoms with Crippen molar-refractivity contribution in [2.24, 2.45) is 0 Å². The molecule has 1 aliphatic rings. The van der Waals surface area contributed by atoms with Crippen molar-refractivity contribution in [3.05, 3.63) is 71.5 Å². The second-order valence-corrected chi connectivity index (χ2v) is 6.39. The van der Waals surface area contributed by atoms with Crippen LogP contribution in [-0.2, 0) is 22.4 Å². The molecule has 0 saturated heterocycles. The first-order valence-corrected chi connectivity index (χ1v) is 8.54. The number of rotatable bonds is 6. The summed E-state index contributed by atoms with van der Waals surface area (Å²) in [5.41, 5.74) is 2.22. The summed E-state index contributed by atoms with van der Waals surface area (Å²) >= 11 is 0. The molecule has 25 heavy (non-hydrogen) atoms. The van der Waals surface area contributed by atoms with Gasteiger partial charge in [-0.1, -0.05) is 24.3 Å². The number of allylic oxidation sites excluding steroid dienone is 2. The Labute approximate surface area is 147 Å². The summed E-state index contributed by atoms with van der Waals surface area (Å²) in [6.45, 7) is 0. The highest BCUT2D eigenvalue weighted by Crippen LogP contribution is 2.23. The minimum Gasteiger partial charge on any atom is -0.508 e. The molecule has 0 bridgehead atoms. The van der Waals surface area contributed by atoms with E-state index >= 15 is 0 Å². The number of ketones is 1. The van der Waals surface area contributed by atoms with Crippen molar-refractivity contribution in [3.63, 3.8) is 0 Å². The number of ether oxygens (including phenoxy) is 1. The van der Waals surface area contributed by atoms with Crippen LogP contribution in [0.5, 0.6) is 11.5 Å². The van der Waals surface area contributed by atoms with Crippen LogP contribution in [0.2, 0.25) is 0 Å². The fraction of sp³-hybridized carbons (Fsp3) is 0.286. The normalized spacial score (nSPS) is 17.0. The average Bonchev–Trinajstić information content (AvgIpc) is 2.60. The van der Waals surface area contributed by atoms with Crippen LogP contribution in [0.1, 0.15) is 30.4 Å². The SMILES string of the molecule is O=C1C=C(CCc2ccc(O)cc2)O[C@H](CCc2ccc(O)cc2)C1. The van der Waals surface area contributed by atoms with Crippen molar-refractivity contribution in [2.45, 2.75) is 38.2 Å². The van der Waals surface area contributed by atoms with Gasteiger partial charge in [-0.3, -0.25) is 4.79 Å². The zero-order chi connectivity index (χ0) is 17.6. The third-order valence-electron chi connectivity index (χ3n) is 4.36. The molecule has 1 aliphatic heterocycles. The lowest BCUT2D eigenvalue weighted by atomic mass is 10.00. The van der Waals surface area contributed by atoms with Gasteiger partial charge in [0.2, 0.25) is 0 Å². The summed E-state index contributed by atoms with van der Waals surface area (Å²) < 4.78 is 5.99. The number of aryl methyl sites for hydroxylation is 2. The fourth-order valence-corrected chi connectivity index (χ4v) is 2.97. The molecule has 2 aromatic rings. The summed E-state index contributed by atoms with van der Waals surface area (Å²) in [7, 11) is 0. The Kier molecular flexibility index (Phi) is 5.39. The highest BCUT2D eigenvalue weighted by atomic mass is 16.5. The van der Waals surface area contributed by atoms with Crippen molar-refractivity contribution in [1.82, 2.24) is 0 Å². The van der Waals surface area contributed by atoms with Gasteiger partial charge in [0.15, 0.2) is 5.78 Å². The van der Waals surface area contributed by atoms with E-state index < -0.39 is 0 Å². The van der Waals surface area contributed by atoms with Gasteiger partial charge in [0.25, 0.3) is 0 Å². The second kappa shape index (κ2) is 7.88. The smallest absolute Gasteiger partial charge is 0.162 e. The monoisotopic (exact) mass is 338 g/mol. The van der Waals surface area contributed by atoms with Crippen LogP contribution in [0.4, 0.5) is 0 Å². The minimum atomic E-state index is -0.0962. The van der Waals surface area contributed by atoms with Crippen LogP contribution in [0.3, 0.4) is 0 Å². The van der Waals surface area contributed by atoms with E-state index in [0.29, 0.717) is 12.8 Å². The molecule has 0 amide bonds. The van der Waals surface area contributed by atoms with E-state index in [9.17, 15) is 15.0 Å². The van der Waals surface area contributed by atoms with Crippen LogP contribution in [0.15, 0.2) is 60.4 Å². The predicted molar refractivity (Wildman–Crippen MR) is 95.4 cm³/mol. The van der Waals surface area contributed by atoms with E-state index in [0.717, 1.165) is 36.1 Å². The van der Waals surface area contributed by atoms with Crippen LogP contribution >= 0.6 is 0 Å². The van der Waals surface area contributed by atoms with Crippen LogP contribution in [0, 0.1) is 0 Å². The zero-order valence-corrected chi connectivity index (χ0v) is 14.0. The molecule has 0 aliphatic carbocycles. The molecule has 2 aromatic carbocycles. The van der Waals surface area contributed by atoms with E-state index in [1.807, 2.05) is 24.3 Å². The Hall–Kier alpha value is -2.75. The average molecular weight is 338 g/mol. The van der Waals surface area contributed by atoms with Gasteiger partial charge in [0, 0.05) is 18.9 Å². The van der Waals surface area contributed by atoms with Gasteiger partial charge >= 0.3 is 0 Å². The minimum absolute atomic E-state index is 0.0962. The number of phenols is 2.